The summed E-state index contributed by atoms with van der Waals surface area (Å²) in [4.78, 5) is 12.9. The van der Waals surface area contributed by atoms with Crippen molar-refractivity contribution in [2.45, 2.75) is 50.9 Å². The second-order valence-electron chi connectivity index (χ2n) is 8.51. The molecule has 0 heterocycles. The summed E-state index contributed by atoms with van der Waals surface area (Å²) >= 11 is 6.33. The minimum atomic E-state index is -4.66. The van der Waals surface area contributed by atoms with Crippen LogP contribution in [0.5, 0.6) is 5.75 Å². The quantitative estimate of drug-likeness (QED) is 0.272. The second-order valence-corrected chi connectivity index (χ2v) is 8.92. The van der Waals surface area contributed by atoms with Gasteiger partial charge in [-0.1, -0.05) is 36.6 Å². The molecule has 1 unspecified atom stereocenters. The molecule has 0 aromatic heterocycles. The van der Waals surface area contributed by atoms with Crippen LogP contribution in [0.2, 0.25) is 5.02 Å². The van der Waals surface area contributed by atoms with E-state index in [-0.39, 0.29) is 34.4 Å². The predicted octanol–water partition coefficient (Wildman–Crippen LogP) is 7.59. The lowest BCUT2D eigenvalue weighted by molar-refractivity contribution is -0.153. The monoisotopic (exact) mass is 508 g/mol. The highest BCUT2D eigenvalue weighted by atomic mass is 35.5. The van der Waals surface area contributed by atoms with Gasteiger partial charge in [0.1, 0.15) is 5.75 Å². The average molecular weight is 509 g/mol. The normalized spacial score (nSPS) is 16.1. The third kappa shape index (κ3) is 6.17. The summed E-state index contributed by atoms with van der Waals surface area (Å²) in [5.41, 5.74) is -1.47. The SMILES string of the molecule is CCOC(=O)C(C)(CC1CC1)c1cc(Cl)c(OCC(F)(F)F)c(-c2ccc(C(F)(F)F)cc2)c1. The molecule has 0 bridgehead atoms. The van der Waals surface area contributed by atoms with Gasteiger partial charge in [0.15, 0.2) is 6.61 Å². The van der Waals surface area contributed by atoms with E-state index in [1.54, 1.807) is 13.8 Å². The first-order valence-corrected chi connectivity index (χ1v) is 11.0. The number of halogens is 7. The Kier molecular flexibility index (Phi) is 7.45. The first-order valence-electron chi connectivity index (χ1n) is 10.6. The number of rotatable bonds is 8. The van der Waals surface area contributed by atoms with Crippen LogP contribution in [0.1, 0.15) is 44.2 Å². The Hall–Kier alpha value is -2.42. The maximum absolute atomic E-state index is 13.0. The number of alkyl halides is 6. The van der Waals surface area contributed by atoms with Crippen LogP contribution in [-0.2, 0) is 21.1 Å². The van der Waals surface area contributed by atoms with Crippen LogP contribution in [0.15, 0.2) is 36.4 Å². The lowest BCUT2D eigenvalue weighted by Crippen LogP contribution is -2.35. The molecule has 2 aromatic rings. The van der Waals surface area contributed by atoms with Gasteiger partial charge in [-0.05, 0) is 61.6 Å². The summed E-state index contributed by atoms with van der Waals surface area (Å²) in [5.74, 6) is -0.565. The van der Waals surface area contributed by atoms with Crippen LogP contribution in [-0.4, -0.2) is 25.4 Å². The summed E-state index contributed by atoms with van der Waals surface area (Å²) in [6.07, 6.45) is -6.94. The van der Waals surface area contributed by atoms with Crippen molar-refractivity contribution < 1.29 is 40.6 Å². The van der Waals surface area contributed by atoms with Crippen molar-refractivity contribution in [2.75, 3.05) is 13.2 Å². The zero-order chi connectivity index (χ0) is 25.3. The van der Waals surface area contributed by atoms with Crippen molar-refractivity contribution in [3.05, 3.63) is 52.5 Å². The molecule has 1 aliphatic rings. The Bertz CT molecular complexity index is 1030. The molecule has 0 amide bonds. The summed E-state index contributed by atoms with van der Waals surface area (Å²) in [6.45, 7) is 1.81. The van der Waals surface area contributed by atoms with E-state index in [9.17, 15) is 31.1 Å². The molecule has 186 valence electrons. The lowest BCUT2D eigenvalue weighted by Gasteiger charge is -2.29. The minimum Gasteiger partial charge on any atom is -0.482 e. The molecule has 0 saturated heterocycles. The maximum Gasteiger partial charge on any atom is 0.422 e. The Labute approximate surface area is 198 Å². The van der Waals surface area contributed by atoms with Crippen LogP contribution in [0.4, 0.5) is 26.3 Å². The van der Waals surface area contributed by atoms with E-state index < -0.39 is 35.9 Å². The number of benzene rings is 2. The average Bonchev–Trinajstić information content (AvgIpc) is 3.55. The fourth-order valence-electron chi connectivity index (χ4n) is 3.77. The van der Waals surface area contributed by atoms with Gasteiger partial charge in [-0.2, -0.15) is 26.3 Å². The fourth-order valence-corrected chi connectivity index (χ4v) is 4.05. The van der Waals surface area contributed by atoms with Crippen molar-refractivity contribution in [1.82, 2.24) is 0 Å². The Morgan fingerprint density at radius 3 is 2.15 bits per heavy atom. The number of carbonyl (C=O) groups excluding carboxylic acids is 1. The smallest absolute Gasteiger partial charge is 0.422 e. The highest BCUT2D eigenvalue weighted by Gasteiger charge is 2.43. The fraction of sp³-hybridized carbons (Fsp3) is 0.458. The Morgan fingerprint density at radius 2 is 1.65 bits per heavy atom. The molecule has 2 aromatic carbocycles. The highest BCUT2D eigenvalue weighted by molar-refractivity contribution is 6.32. The van der Waals surface area contributed by atoms with Crippen molar-refractivity contribution in [2.24, 2.45) is 5.92 Å². The molecule has 1 aliphatic carbocycles. The summed E-state index contributed by atoms with van der Waals surface area (Å²) < 4.78 is 87.8. The van der Waals surface area contributed by atoms with Gasteiger partial charge >= 0.3 is 18.3 Å². The summed E-state index contributed by atoms with van der Waals surface area (Å²) in [5, 5.41) is -0.192. The topological polar surface area (TPSA) is 35.5 Å². The van der Waals surface area contributed by atoms with Gasteiger partial charge < -0.3 is 9.47 Å². The molecule has 0 spiro atoms. The van der Waals surface area contributed by atoms with Crippen LogP contribution in [0.3, 0.4) is 0 Å². The predicted molar refractivity (Wildman–Crippen MR) is 115 cm³/mol. The van der Waals surface area contributed by atoms with E-state index >= 15 is 0 Å². The molecule has 0 N–H and O–H groups in total. The van der Waals surface area contributed by atoms with E-state index in [1.807, 2.05) is 0 Å². The van der Waals surface area contributed by atoms with E-state index in [2.05, 4.69) is 0 Å². The second kappa shape index (κ2) is 9.68. The molecule has 1 fully saturated rings. The zero-order valence-electron chi connectivity index (χ0n) is 18.4. The van der Waals surface area contributed by atoms with Crippen molar-refractivity contribution in [3.8, 4) is 16.9 Å². The molecule has 3 rings (SSSR count). The Morgan fingerprint density at radius 1 is 1.03 bits per heavy atom. The van der Waals surface area contributed by atoms with Crippen LogP contribution in [0.25, 0.3) is 11.1 Å². The van der Waals surface area contributed by atoms with E-state index in [0.717, 1.165) is 37.1 Å². The molecule has 3 nitrogen and oxygen atoms in total. The van der Waals surface area contributed by atoms with Gasteiger partial charge in [0.2, 0.25) is 0 Å². The van der Waals surface area contributed by atoms with Crippen LogP contribution >= 0.6 is 11.6 Å². The third-order valence-corrected chi connectivity index (χ3v) is 5.98. The molecule has 1 saturated carbocycles. The van der Waals surface area contributed by atoms with Gasteiger partial charge in [-0.25, -0.2) is 0 Å². The zero-order valence-corrected chi connectivity index (χ0v) is 19.2. The van der Waals surface area contributed by atoms with Crippen LogP contribution < -0.4 is 4.74 Å². The van der Waals surface area contributed by atoms with Gasteiger partial charge in [-0.3, -0.25) is 4.79 Å². The maximum atomic E-state index is 13.0. The van der Waals surface area contributed by atoms with Crippen LogP contribution in [0, 0.1) is 5.92 Å². The van der Waals surface area contributed by atoms with E-state index in [4.69, 9.17) is 21.1 Å². The number of carbonyl (C=O) groups is 1. The van der Waals surface area contributed by atoms with Gasteiger partial charge in [-0.15, -0.1) is 0 Å². The van der Waals surface area contributed by atoms with Gasteiger partial charge in [0.05, 0.1) is 22.6 Å². The van der Waals surface area contributed by atoms with Crippen molar-refractivity contribution in [3.63, 3.8) is 0 Å². The molecular weight excluding hydrogens is 486 g/mol. The summed E-state index contributed by atoms with van der Waals surface area (Å²) in [6, 6.07) is 6.69. The Balaban J connectivity index is 2.14. The molecule has 1 atom stereocenters. The molecule has 0 aliphatic heterocycles. The van der Waals surface area contributed by atoms with Crippen molar-refractivity contribution in [1.29, 1.82) is 0 Å². The highest BCUT2D eigenvalue weighted by Crippen LogP contribution is 2.47. The number of hydrogen-bond acceptors (Lipinski definition) is 3. The summed E-state index contributed by atoms with van der Waals surface area (Å²) in [7, 11) is 0. The molecular formula is C24H23ClF6O3. The molecule has 34 heavy (non-hydrogen) atoms. The first-order chi connectivity index (χ1) is 15.7. The number of esters is 1. The number of hydrogen-bond donors (Lipinski definition) is 0. The molecule has 0 radical (unpaired) electrons. The third-order valence-electron chi connectivity index (χ3n) is 5.70. The minimum absolute atomic E-state index is 0.0480. The molecule has 10 heteroatoms. The van der Waals surface area contributed by atoms with Gasteiger partial charge in [0.25, 0.3) is 0 Å². The largest absolute Gasteiger partial charge is 0.482 e. The standard InChI is InChI=1S/C24H23ClF6O3/c1-3-33-21(32)22(2,12-14-4-5-14)17-10-18(15-6-8-16(9-7-15)24(29,30)31)20(19(25)11-17)34-13-23(26,27)28/h6-11,14H,3-5,12-13H2,1-2H3. The van der Waals surface area contributed by atoms with E-state index in [0.29, 0.717) is 12.0 Å². The lowest BCUT2D eigenvalue weighted by atomic mass is 9.77. The number of ether oxygens (including phenoxy) is 2. The van der Waals surface area contributed by atoms with Gasteiger partial charge in [0, 0.05) is 5.56 Å². The first kappa shape index (κ1) is 26.2. The van der Waals surface area contributed by atoms with E-state index in [1.165, 1.54) is 12.1 Å². The van der Waals surface area contributed by atoms with Crippen molar-refractivity contribution >= 4 is 17.6 Å².